The molecular formula is C15H19N3O5. The Morgan fingerprint density at radius 1 is 1.30 bits per heavy atom. The predicted molar refractivity (Wildman–Crippen MR) is 83.2 cm³/mol. The number of anilines is 1. The summed E-state index contributed by atoms with van der Waals surface area (Å²) in [6, 6.07) is 6.21. The van der Waals surface area contributed by atoms with Crippen LogP contribution in [-0.2, 0) is 9.59 Å². The van der Waals surface area contributed by atoms with E-state index in [1.54, 1.807) is 18.2 Å². The molecule has 8 heteroatoms. The van der Waals surface area contributed by atoms with Gasteiger partial charge < -0.3 is 15.7 Å². The van der Waals surface area contributed by atoms with Crippen LogP contribution in [0.4, 0.5) is 11.4 Å². The molecule has 0 unspecified atom stereocenters. The van der Waals surface area contributed by atoms with E-state index in [9.17, 15) is 19.7 Å². The third kappa shape index (κ3) is 4.41. The van der Waals surface area contributed by atoms with E-state index in [0.717, 1.165) is 6.42 Å². The van der Waals surface area contributed by atoms with E-state index in [1.807, 2.05) is 0 Å². The van der Waals surface area contributed by atoms with Crippen LogP contribution in [0, 0.1) is 10.1 Å². The monoisotopic (exact) mass is 321 g/mol. The topological polar surface area (TPSA) is 122 Å². The quantitative estimate of drug-likeness (QED) is 0.496. The number of nitrogens with one attached hydrogen (secondary N) is 2. The highest BCUT2D eigenvalue weighted by atomic mass is 16.6. The van der Waals surface area contributed by atoms with Crippen molar-refractivity contribution in [2.24, 2.45) is 0 Å². The highest BCUT2D eigenvalue weighted by Crippen LogP contribution is 2.35. The van der Waals surface area contributed by atoms with Crippen LogP contribution in [0.5, 0.6) is 0 Å². The minimum atomic E-state index is -0.928. The molecule has 0 saturated heterocycles. The summed E-state index contributed by atoms with van der Waals surface area (Å²) in [5.74, 6) is -1.18. The van der Waals surface area contributed by atoms with Crippen LogP contribution in [0.3, 0.4) is 0 Å². The van der Waals surface area contributed by atoms with Gasteiger partial charge in [0.15, 0.2) is 0 Å². The van der Waals surface area contributed by atoms with E-state index in [-0.39, 0.29) is 31.0 Å². The standard InChI is InChI=1S/C15H19N3O5/c19-13(17-15(7-3-8-15)10-14(20)21)6-9-16-11-4-1-2-5-12(11)18(22)23/h1-2,4-5,16H,3,6-10H2,(H,17,19)(H,20,21). The Balaban J connectivity index is 1.83. The number of carboxylic acid groups (broad SMARTS) is 1. The molecule has 0 radical (unpaired) electrons. The molecule has 2 rings (SSSR count). The smallest absolute Gasteiger partial charge is 0.305 e. The molecule has 3 N–H and O–H groups in total. The normalized spacial score (nSPS) is 15.3. The van der Waals surface area contributed by atoms with E-state index in [1.165, 1.54) is 6.07 Å². The number of nitro groups is 1. The van der Waals surface area contributed by atoms with E-state index >= 15 is 0 Å². The lowest BCUT2D eigenvalue weighted by Gasteiger charge is -2.41. The number of aliphatic carboxylic acids is 1. The van der Waals surface area contributed by atoms with Gasteiger partial charge in [0.25, 0.3) is 5.69 Å². The van der Waals surface area contributed by atoms with Crippen molar-refractivity contribution in [3.05, 3.63) is 34.4 Å². The summed E-state index contributed by atoms with van der Waals surface area (Å²) < 4.78 is 0. The number of nitrogens with zero attached hydrogens (tertiary/aromatic N) is 1. The first-order valence-corrected chi connectivity index (χ1v) is 7.42. The number of hydrogen-bond acceptors (Lipinski definition) is 5. The van der Waals surface area contributed by atoms with Crippen molar-refractivity contribution in [3.63, 3.8) is 0 Å². The Morgan fingerprint density at radius 2 is 2.00 bits per heavy atom. The van der Waals surface area contributed by atoms with Crippen molar-refractivity contribution in [1.29, 1.82) is 0 Å². The van der Waals surface area contributed by atoms with Crippen LogP contribution >= 0.6 is 0 Å². The number of rotatable bonds is 8. The van der Waals surface area contributed by atoms with Crippen LogP contribution in [0.1, 0.15) is 32.1 Å². The summed E-state index contributed by atoms with van der Waals surface area (Å²) in [7, 11) is 0. The fraction of sp³-hybridized carbons (Fsp3) is 0.467. The number of carboxylic acids is 1. The third-order valence-electron chi connectivity index (χ3n) is 3.97. The number of benzene rings is 1. The summed E-state index contributed by atoms with van der Waals surface area (Å²) in [6.45, 7) is 0.236. The Labute approximate surface area is 133 Å². The lowest BCUT2D eigenvalue weighted by atomic mass is 9.74. The van der Waals surface area contributed by atoms with Gasteiger partial charge >= 0.3 is 5.97 Å². The first kappa shape index (κ1) is 16.7. The zero-order valence-corrected chi connectivity index (χ0v) is 12.6. The Kier molecular flexibility index (Phi) is 5.15. The molecule has 0 aliphatic heterocycles. The lowest BCUT2D eigenvalue weighted by Crippen LogP contribution is -2.54. The van der Waals surface area contributed by atoms with Crippen molar-refractivity contribution >= 4 is 23.3 Å². The SMILES string of the molecule is O=C(O)CC1(NC(=O)CCNc2ccccc2[N+](=O)[O-])CCC1. The van der Waals surface area contributed by atoms with Gasteiger partial charge in [-0.25, -0.2) is 0 Å². The van der Waals surface area contributed by atoms with Gasteiger partial charge in [0.1, 0.15) is 5.69 Å². The van der Waals surface area contributed by atoms with Crippen LogP contribution in [0.15, 0.2) is 24.3 Å². The summed E-state index contributed by atoms with van der Waals surface area (Å²) in [4.78, 5) is 33.2. The average molecular weight is 321 g/mol. The number of amides is 1. The van der Waals surface area contributed by atoms with Crippen molar-refractivity contribution in [2.45, 2.75) is 37.6 Å². The first-order chi connectivity index (χ1) is 10.9. The van der Waals surface area contributed by atoms with E-state index in [4.69, 9.17) is 5.11 Å². The highest BCUT2D eigenvalue weighted by Gasteiger charge is 2.40. The van der Waals surface area contributed by atoms with E-state index < -0.39 is 16.4 Å². The number of carbonyl (C=O) groups is 2. The molecule has 1 aliphatic rings. The Hall–Kier alpha value is -2.64. The fourth-order valence-electron chi connectivity index (χ4n) is 2.69. The largest absolute Gasteiger partial charge is 0.481 e. The molecule has 0 aromatic heterocycles. The van der Waals surface area contributed by atoms with Gasteiger partial charge in [-0.15, -0.1) is 0 Å². The molecule has 0 atom stereocenters. The minimum absolute atomic E-state index is 0.0470. The van der Waals surface area contributed by atoms with Crippen LogP contribution in [0.2, 0.25) is 0 Å². The predicted octanol–water partition coefficient (Wildman–Crippen LogP) is 1.91. The molecule has 23 heavy (non-hydrogen) atoms. The summed E-state index contributed by atoms with van der Waals surface area (Å²) in [6.07, 6.45) is 2.29. The molecule has 124 valence electrons. The van der Waals surface area contributed by atoms with Gasteiger partial charge in [-0.3, -0.25) is 19.7 Å². The maximum Gasteiger partial charge on any atom is 0.305 e. The van der Waals surface area contributed by atoms with Crippen molar-refractivity contribution in [2.75, 3.05) is 11.9 Å². The molecule has 1 aromatic carbocycles. The lowest BCUT2D eigenvalue weighted by molar-refractivity contribution is -0.384. The molecular weight excluding hydrogens is 302 g/mol. The average Bonchev–Trinajstić information content (AvgIpc) is 2.44. The summed E-state index contributed by atoms with van der Waals surface area (Å²) in [5, 5.41) is 25.5. The van der Waals surface area contributed by atoms with Gasteiger partial charge in [-0.1, -0.05) is 12.1 Å². The zero-order valence-electron chi connectivity index (χ0n) is 12.6. The molecule has 0 bridgehead atoms. The second kappa shape index (κ2) is 7.08. The van der Waals surface area contributed by atoms with Gasteiger partial charge in [-0.2, -0.15) is 0 Å². The fourth-order valence-corrected chi connectivity index (χ4v) is 2.69. The first-order valence-electron chi connectivity index (χ1n) is 7.42. The molecule has 1 amide bonds. The van der Waals surface area contributed by atoms with Crippen molar-refractivity contribution in [1.82, 2.24) is 5.32 Å². The van der Waals surface area contributed by atoms with E-state index in [2.05, 4.69) is 10.6 Å². The maximum atomic E-state index is 12.0. The van der Waals surface area contributed by atoms with Crippen LogP contribution in [-0.4, -0.2) is 34.0 Å². The number of carbonyl (C=O) groups excluding carboxylic acids is 1. The molecule has 0 heterocycles. The van der Waals surface area contributed by atoms with Gasteiger partial charge in [0.2, 0.25) is 5.91 Å². The minimum Gasteiger partial charge on any atom is -0.481 e. The number of nitro benzene ring substituents is 1. The van der Waals surface area contributed by atoms with Crippen LogP contribution in [0.25, 0.3) is 0 Å². The number of hydrogen-bond donors (Lipinski definition) is 3. The van der Waals surface area contributed by atoms with Gasteiger partial charge in [-0.05, 0) is 25.3 Å². The number of para-hydroxylation sites is 2. The Morgan fingerprint density at radius 3 is 2.57 bits per heavy atom. The summed E-state index contributed by atoms with van der Waals surface area (Å²) >= 11 is 0. The van der Waals surface area contributed by atoms with Crippen LogP contribution < -0.4 is 10.6 Å². The third-order valence-corrected chi connectivity index (χ3v) is 3.97. The zero-order chi connectivity index (χ0) is 16.9. The molecule has 1 saturated carbocycles. The van der Waals surface area contributed by atoms with Gasteiger partial charge in [0.05, 0.1) is 16.9 Å². The summed E-state index contributed by atoms with van der Waals surface area (Å²) in [5.41, 5.74) is -0.315. The second-order valence-corrected chi connectivity index (χ2v) is 5.70. The maximum absolute atomic E-state index is 12.0. The Bertz CT molecular complexity index is 613. The molecule has 1 fully saturated rings. The van der Waals surface area contributed by atoms with Crippen molar-refractivity contribution < 1.29 is 19.6 Å². The highest BCUT2D eigenvalue weighted by molar-refractivity contribution is 5.79. The van der Waals surface area contributed by atoms with E-state index in [0.29, 0.717) is 18.5 Å². The molecule has 8 nitrogen and oxygen atoms in total. The molecule has 1 aromatic rings. The second-order valence-electron chi connectivity index (χ2n) is 5.70. The van der Waals surface area contributed by atoms with Crippen molar-refractivity contribution in [3.8, 4) is 0 Å². The molecule has 1 aliphatic carbocycles. The molecule has 0 spiro atoms. The van der Waals surface area contributed by atoms with Gasteiger partial charge in [0, 0.05) is 19.0 Å².